The normalized spacial score (nSPS) is 11.5. The molecule has 0 aromatic heterocycles. The van der Waals surface area contributed by atoms with E-state index >= 15 is 0 Å². The van der Waals surface area contributed by atoms with Gasteiger partial charge in [0.1, 0.15) is 6.54 Å². The fourth-order valence-electron chi connectivity index (χ4n) is 3.64. The van der Waals surface area contributed by atoms with E-state index in [1.54, 1.807) is 48.5 Å². The van der Waals surface area contributed by atoms with E-state index in [1.165, 1.54) is 48.5 Å². The van der Waals surface area contributed by atoms with Crippen LogP contribution in [0.3, 0.4) is 0 Å². The van der Waals surface area contributed by atoms with Gasteiger partial charge in [0.05, 0.1) is 20.5 Å². The van der Waals surface area contributed by atoms with Crippen molar-refractivity contribution in [2.75, 3.05) is 20.9 Å². The van der Waals surface area contributed by atoms with Gasteiger partial charge in [0.25, 0.3) is 20.0 Å². The molecule has 0 bridgehead atoms. The third-order valence-electron chi connectivity index (χ3n) is 5.46. The van der Waals surface area contributed by atoms with Crippen molar-refractivity contribution in [3.05, 3.63) is 114 Å². The number of amides is 1. The zero-order valence-electron chi connectivity index (χ0n) is 20.2. The number of para-hydroxylation sites is 1. The number of benzene rings is 4. The van der Waals surface area contributed by atoms with E-state index in [-0.39, 0.29) is 20.5 Å². The van der Waals surface area contributed by atoms with Crippen LogP contribution in [0.2, 0.25) is 5.02 Å². The third-order valence-corrected chi connectivity index (χ3v) is 8.95. The largest absolute Gasteiger partial charge is 0.325 e. The van der Waals surface area contributed by atoms with Gasteiger partial charge >= 0.3 is 0 Å². The van der Waals surface area contributed by atoms with Gasteiger partial charge in [-0.2, -0.15) is 0 Å². The van der Waals surface area contributed by atoms with Gasteiger partial charge < -0.3 is 5.32 Å². The molecule has 1 amide bonds. The van der Waals surface area contributed by atoms with Crippen LogP contribution in [0.1, 0.15) is 5.56 Å². The van der Waals surface area contributed by atoms with E-state index in [0.29, 0.717) is 11.4 Å². The lowest BCUT2D eigenvalue weighted by atomic mass is 10.2. The van der Waals surface area contributed by atoms with Crippen LogP contribution in [-0.4, -0.2) is 29.3 Å². The molecular weight excluding hydrogens is 546 g/mol. The number of halogens is 1. The molecule has 2 N–H and O–H groups in total. The van der Waals surface area contributed by atoms with E-state index in [2.05, 4.69) is 10.0 Å². The minimum absolute atomic E-state index is 0.00125. The number of nitrogens with zero attached hydrogens (tertiary/aromatic N) is 1. The van der Waals surface area contributed by atoms with Crippen molar-refractivity contribution in [1.82, 2.24) is 0 Å². The Bertz CT molecular complexity index is 1660. The zero-order valence-corrected chi connectivity index (χ0v) is 22.6. The Morgan fingerprint density at radius 1 is 0.763 bits per heavy atom. The van der Waals surface area contributed by atoms with Crippen LogP contribution in [0, 0.1) is 6.92 Å². The molecule has 0 saturated heterocycles. The standard InChI is InChI=1S/C27H24ClN3O5S2/c1-20-8-7-9-22(18-20)30-37(33,34)23-16-14-21(15-17-23)29-27(32)19-31(26-13-6-5-12-25(26)28)38(35,36)24-10-3-2-4-11-24/h2-18,30H,19H2,1H3,(H,29,32). The van der Waals surface area contributed by atoms with Crippen LogP contribution in [-0.2, 0) is 24.8 Å². The number of sulfonamides is 2. The third kappa shape index (κ3) is 6.34. The van der Waals surface area contributed by atoms with Crippen molar-refractivity contribution in [3.8, 4) is 0 Å². The summed E-state index contributed by atoms with van der Waals surface area (Å²) in [6.07, 6.45) is 0. The molecule has 4 aromatic rings. The van der Waals surface area contributed by atoms with Gasteiger partial charge in [-0.1, -0.05) is 54.1 Å². The lowest BCUT2D eigenvalue weighted by Gasteiger charge is -2.25. The van der Waals surface area contributed by atoms with Crippen molar-refractivity contribution in [2.45, 2.75) is 16.7 Å². The number of carbonyl (C=O) groups excluding carboxylic acids is 1. The molecule has 0 atom stereocenters. The van der Waals surface area contributed by atoms with Crippen LogP contribution < -0.4 is 14.3 Å². The van der Waals surface area contributed by atoms with Crippen LogP contribution in [0.25, 0.3) is 0 Å². The minimum Gasteiger partial charge on any atom is -0.325 e. The molecule has 0 aliphatic carbocycles. The average Bonchev–Trinajstić information content (AvgIpc) is 2.88. The SMILES string of the molecule is Cc1cccc(NS(=O)(=O)c2ccc(NC(=O)CN(c3ccccc3Cl)S(=O)(=O)c3ccccc3)cc2)c1. The molecule has 11 heteroatoms. The molecular formula is C27H24ClN3O5S2. The predicted molar refractivity (Wildman–Crippen MR) is 149 cm³/mol. The summed E-state index contributed by atoms with van der Waals surface area (Å²) in [4.78, 5) is 13.0. The van der Waals surface area contributed by atoms with Crippen LogP contribution in [0.4, 0.5) is 17.1 Å². The zero-order chi connectivity index (χ0) is 27.3. The van der Waals surface area contributed by atoms with Crippen molar-refractivity contribution in [3.63, 3.8) is 0 Å². The maximum absolute atomic E-state index is 13.4. The number of hydrogen-bond acceptors (Lipinski definition) is 5. The summed E-state index contributed by atoms with van der Waals surface area (Å²) < 4.78 is 55.8. The number of anilines is 3. The van der Waals surface area contributed by atoms with E-state index in [1.807, 2.05) is 13.0 Å². The van der Waals surface area contributed by atoms with Gasteiger partial charge in [0.2, 0.25) is 5.91 Å². The molecule has 0 fully saturated rings. The van der Waals surface area contributed by atoms with Crippen molar-refractivity contribution >= 4 is 54.6 Å². The minimum atomic E-state index is -4.12. The van der Waals surface area contributed by atoms with Crippen LogP contribution in [0.15, 0.2) is 113 Å². The Balaban J connectivity index is 1.53. The summed E-state index contributed by atoms with van der Waals surface area (Å²) in [5.41, 5.74) is 1.78. The van der Waals surface area contributed by atoms with E-state index in [9.17, 15) is 21.6 Å². The number of aryl methyl sites for hydroxylation is 1. The Hall–Kier alpha value is -3.86. The number of hydrogen-bond donors (Lipinski definition) is 2. The van der Waals surface area contributed by atoms with Crippen LogP contribution in [0.5, 0.6) is 0 Å². The summed E-state index contributed by atoms with van der Waals surface area (Å²) in [7, 11) is -7.97. The first-order valence-electron chi connectivity index (χ1n) is 11.4. The van der Waals surface area contributed by atoms with Gasteiger partial charge in [0, 0.05) is 11.4 Å². The summed E-state index contributed by atoms with van der Waals surface area (Å²) in [6.45, 7) is 1.29. The van der Waals surface area contributed by atoms with Crippen molar-refractivity contribution in [1.29, 1.82) is 0 Å². The summed E-state index contributed by atoms with van der Waals surface area (Å²) >= 11 is 6.28. The smallest absolute Gasteiger partial charge is 0.264 e. The van der Waals surface area contributed by atoms with Gasteiger partial charge in [-0.3, -0.25) is 13.8 Å². The highest BCUT2D eigenvalue weighted by Gasteiger charge is 2.28. The summed E-state index contributed by atoms with van der Waals surface area (Å²) in [6, 6.07) is 26.5. The molecule has 8 nitrogen and oxygen atoms in total. The van der Waals surface area contributed by atoms with E-state index in [4.69, 9.17) is 11.6 Å². The molecule has 196 valence electrons. The molecule has 0 spiro atoms. The Kier molecular flexibility index (Phi) is 8.05. The number of carbonyl (C=O) groups is 1. The molecule has 38 heavy (non-hydrogen) atoms. The van der Waals surface area contributed by atoms with Crippen molar-refractivity contribution in [2.24, 2.45) is 0 Å². The highest BCUT2D eigenvalue weighted by atomic mass is 35.5. The molecule has 4 rings (SSSR count). The maximum Gasteiger partial charge on any atom is 0.264 e. The quantitative estimate of drug-likeness (QED) is 0.285. The Morgan fingerprint density at radius 2 is 1.42 bits per heavy atom. The second-order valence-corrected chi connectivity index (χ2v) is 12.3. The number of nitrogens with one attached hydrogen (secondary N) is 2. The molecule has 4 aromatic carbocycles. The highest BCUT2D eigenvalue weighted by Crippen LogP contribution is 2.30. The van der Waals surface area contributed by atoms with Gasteiger partial charge in [-0.05, 0) is 73.2 Å². The highest BCUT2D eigenvalue weighted by molar-refractivity contribution is 7.93. The Morgan fingerprint density at radius 3 is 2.08 bits per heavy atom. The fraction of sp³-hybridized carbons (Fsp3) is 0.0741. The maximum atomic E-state index is 13.4. The lowest BCUT2D eigenvalue weighted by molar-refractivity contribution is -0.114. The van der Waals surface area contributed by atoms with E-state index < -0.39 is 32.5 Å². The second-order valence-electron chi connectivity index (χ2n) is 8.32. The monoisotopic (exact) mass is 569 g/mol. The topological polar surface area (TPSA) is 113 Å². The van der Waals surface area contributed by atoms with E-state index in [0.717, 1.165) is 9.87 Å². The first-order chi connectivity index (χ1) is 18.1. The summed E-state index contributed by atoms with van der Waals surface area (Å²) in [5.74, 6) is -0.641. The fourth-order valence-corrected chi connectivity index (χ4v) is 6.44. The number of rotatable bonds is 9. The van der Waals surface area contributed by atoms with Gasteiger partial charge in [-0.15, -0.1) is 0 Å². The molecule has 0 unspecified atom stereocenters. The molecule has 0 aliphatic rings. The average molecular weight is 570 g/mol. The van der Waals surface area contributed by atoms with Gasteiger partial charge in [-0.25, -0.2) is 16.8 Å². The van der Waals surface area contributed by atoms with Crippen molar-refractivity contribution < 1.29 is 21.6 Å². The molecule has 0 aliphatic heterocycles. The lowest BCUT2D eigenvalue weighted by Crippen LogP contribution is -2.38. The molecule has 0 radical (unpaired) electrons. The first-order valence-corrected chi connectivity index (χ1v) is 14.7. The molecule has 0 heterocycles. The second kappa shape index (κ2) is 11.3. The molecule has 0 saturated carbocycles. The van der Waals surface area contributed by atoms with Crippen LogP contribution >= 0.6 is 11.6 Å². The Labute approximate surface area is 227 Å². The predicted octanol–water partition coefficient (Wildman–Crippen LogP) is 5.28. The summed E-state index contributed by atoms with van der Waals surface area (Å²) in [5, 5.41) is 2.78. The van der Waals surface area contributed by atoms with Gasteiger partial charge in [0.15, 0.2) is 0 Å². The first kappa shape index (κ1) is 27.2.